The number of nitrogens with zero attached hydrogens (tertiary/aromatic N) is 2. The normalized spacial score (nSPS) is 18.7. The Morgan fingerprint density at radius 2 is 1.97 bits per heavy atom. The fourth-order valence-electron chi connectivity index (χ4n) is 3.46. The van der Waals surface area contributed by atoms with E-state index >= 15 is 0 Å². The molecule has 1 aliphatic rings. The lowest BCUT2D eigenvalue weighted by Crippen LogP contribution is -2.37. The molecule has 1 aromatic carbocycles. The maximum Gasteiger partial charge on any atom is 0.336 e. The van der Waals surface area contributed by atoms with Gasteiger partial charge in [0.05, 0.1) is 28.9 Å². The number of ether oxygens (including phenoxy) is 3. The van der Waals surface area contributed by atoms with E-state index in [2.05, 4.69) is 11.1 Å². The van der Waals surface area contributed by atoms with E-state index in [1.807, 2.05) is 0 Å². The SMILES string of the molecule is COCCOC(=O)C1=C(C)N=C(C)C(C(=O)OC(C)C)C1c1cccc(Cl)c1C#N. The molecule has 30 heavy (non-hydrogen) atoms. The molecule has 0 N–H and O–H groups in total. The first-order chi connectivity index (χ1) is 14.2. The van der Waals surface area contributed by atoms with Gasteiger partial charge in [-0.15, -0.1) is 0 Å². The Balaban J connectivity index is 2.67. The Morgan fingerprint density at radius 3 is 2.57 bits per heavy atom. The van der Waals surface area contributed by atoms with Crippen molar-refractivity contribution < 1.29 is 23.8 Å². The molecule has 2 rings (SSSR count). The van der Waals surface area contributed by atoms with Crippen LogP contribution >= 0.6 is 11.6 Å². The van der Waals surface area contributed by atoms with E-state index in [9.17, 15) is 14.9 Å². The highest BCUT2D eigenvalue weighted by Gasteiger charge is 2.43. The maximum atomic E-state index is 13.0. The Hall–Kier alpha value is -2.69. The lowest BCUT2D eigenvalue weighted by atomic mass is 9.74. The minimum atomic E-state index is -0.897. The van der Waals surface area contributed by atoms with E-state index in [0.29, 0.717) is 17.0 Å². The Morgan fingerprint density at radius 1 is 1.27 bits per heavy atom. The highest BCUT2D eigenvalue weighted by molar-refractivity contribution is 6.31. The van der Waals surface area contributed by atoms with Crippen molar-refractivity contribution in [3.63, 3.8) is 0 Å². The summed E-state index contributed by atoms with van der Waals surface area (Å²) in [4.78, 5) is 30.4. The molecule has 160 valence electrons. The molecule has 0 radical (unpaired) electrons. The smallest absolute Gasteiger partial charge is 0.336 e. The Kier molecular flexibility index (Phi) is 8.16. The summed E-state index contributed by atoms with van der Waals surface area (Å²) in [6, 6.07) is 7.02. The number of hydrogen-bond acceptors (Lipinski definition) is 7. The monoisotopic (exact) mass is 432 g/mol. The van der Waals surface area contributed by atoms with Gasteiger partial charge in [-0.3, -0.25) is 9.79 Å². The van der Waals surface area contributed by atoms with Crippen LogP contribution in [-0.4, -0.2) is 44.1 Å². The number of halogens is 1. The summed E-state index contributed by atoms with van der Waals surface area (Å²) >= 11 is 6.25. The summed E-state index contributed by atoms with van der Waals surface area (Å²) in [7, 11) is 1.50. The number of rotatable bonds is 7. The molecule has 1 aliphatic heterocycles. The molecule has 0 fully saturated rings. The van der Waals surface area contributed by atoms with E-state index in [-0.39, 0.29) is 35.5 Å². The zero-order chi connectivity index (χ0) is 22.4. The summed E-state index contributed by atoms with van der Waals surface area (Å²) in [6.07, 6.45) is -0.357. The molecule has 0 saturated carbocycles. The van der Waals surface area contributed by atoms with Crippen molar-refractivity contribution in [2.24, 2.45) is 10.9 Å². The van der Waals surface area contributed by atoms with E-state index < -0.39 is 23.8 Å². The summed E-state index contributed by atoms with van der Waals surface area (Å²) in [6.45, 7) is 7.12. The third-order valence-corrected chi connectivity index (χ3v) is 4.98. The fraction of sp³-hybridized carbons (Fsp3) is 0.455. The van der Waals surface area contributed by atoms with Crippen molar-refractivity contribution in [3.05, 3.63) is 45.6 Å². The van der Waals surface area contributed by atoms with E-state index in [1.165, 1.54) is 7.11 Å². The molecule has 1 aromatic rings. The molecule has 0 saturated heterocycles. The Labute approximate surface area is 181 Å². The van der Waals surface area contributed by atoms with Crippen molar-refractivity contribution in [1.29, 1.82) is 5.26 Å². The molecule has 0 amide bonds. The number of benzene rings is 1. The summed E-state index contributed by atoms with van der Waals surface area (Å²) < 4.78 is 15.7. The fourth-order valence-corrected chi connectivity index (χ4v) is 3.69. The predicted molar refractivity (Wildman–Crippen MR) is 112 cm³/mol. The van der Waals surface area contributed by atoms with E-state index in [4.69, 9.17) is 25.8 Å². The van der Waals surface area contributed by atoms with Crippen LogP contribution in [0.1, 0.15) is 44.7 Å². The molecule has 0 aliphatic carbocycles. The molecular weight excluding hydrogens is 408 g/mol. The highest BCUT2D eigenvalue weighted by atomic mass is 35.5. The quantitative estimate of drug-likeness (QED) is 0.480. The van der Waals surface area contributed by atoms with Gasteiger partial charge >= 0.3 is 11.9 Å². The second-order valence-corrected chi connectivity index (χ2v) is 7.55. The second kappa shape index (κ2) is 10.4. The molecule has 2 unspecified atom stereocenters. The highest BCUT2D eigenvalue weighted by Crippen LogP contribution is 2.42. The molecule has 0 bridgehead atoms. The van der Waals surface area contributed by atoms with E-state index in [1.54, 1.807) is 45.9 Å². The Bertz CT molecular complexity index is 930. The zero-order valence-corrected chi connectivity index (χ0v) is 18.4. The third kappa shape index (κ3) is 5.07. The van der Waals surface area contributed by atoms with Gasteiger partial charge in [0, 0.05) is 24.4 Å². The number of allylic oxidation sites excluding steroid dienone is 1. The van der Waals surface area contributed by atoms with Crippen molar-refractivity contribution in [3.8, 4) is 6.07 Å². The molecule has 1 heterocycles. The molecule has 2 atom stereocenters. The minimum Gasteiger partial charge on any atom is -0.462 e. The number of carbonyl (C=O) groups excluding carboxylic acids is 2. The maximum absolute atomic E-state index is 13.0. The van der Waals surface area contributed by atoms with Gasteiger partial charge in [-0.05, 0) is 39.3 Å². The first-order valence-electron chi connectivity index (χ1n) is 9.53. The minimum absolute atomic E-state index is 0.0449. The van der Waals surface area contributed by atoms with E-state index in [0.717, 1.165) is 0 Å². The van der Waals surface area contributed by atoms with Crippen molar-refractivity contribution in [2.75, 3.05) is 20.3 Å². The van der Waals surface area contributed by atoms with Gasteiger partial charge in [0.2, 0.25) is 0 Å². The van der Waals surface area contributed by atoms with Gasteiger partial charge in [0.15, 0.2) is 0 Å². The standard InChI is InChI=1S/C22H25ClN2O5/c1-12(2)30-22(27)19-14(4)25-13(3)18(21(26)29-10-9-28-5)20(19)15-7-6-8-17(23)16(15)11-24/h6-8,12,19-20H,9-10H2,1-5H3. The van der Waals surface area contributed by atoms with Gasteiger partial charge in [0.1, 0.15) is 18.6 Å². The lowest BCUT2D eigenvalue weighted by molar-refractivity contribution is -0.150. The number of aliphatic imine (C=N–C) groups is 1. The van der Waals surface area contributed by atoms with Gasteiger partial charge in [-0.1, -0.05) is 23.7 Å². The average molecular weight is 433 g/mol. The van der Waals surface area contributed by atoms with Crippen molar-refractivity contribution in [1.82, 2.24) is 0 Å². The third-order valence-electron chi connectivity index (χ3n) is 4.67. The predicted octanol–water partition coefficient (Wildman–Crippen LogP) is 3.80. The first-order valence-corrected chi connectivity index (χ1v) is 9.91. The second-order valence-electron chi connectivity index (χ2n) is 7.14. The molecule has 7 nitrogen and oxygen atoms in total. The largest absolute Gasteiger partial charge is 0.462 e. The van der Waals surface area contributed by atoms with Crippen LogP contribution in [0.2, 0.25) is 5.02 Å². The van der Waals surface area contributed by atoms with Crippen LogP contribution in [0.5, 0.6) is 0 Å². The zero-order valence-electron chi connectivity index (χ0n) is 17.7. The van der Waals surface area contributed by atoms with Crippen LogP contribution in [0.4, 0.5) is 0 Å². The number of hydrogen-bond donors (Lipinski definition) is 0. The topological polar surface area (TPSA) is 98.0 Å². The number of methoxy groups -OCH3 is 1. The average Bonchev–Trinajstić information content (AvgIpc) is 2.66. The van der Waals surface area contributed by atoms with Crippen molar-refractivity contribution in [2.45, 2.75) is 39.7 Å². The lowest BCUT2D eigenvalue weighted by Gasteiger charge is -2.32. The van der Waals surface area contributed by atoms with Crippen LogP contribution < -0.4 is 0 Å². The van der Waals surface area contributed by atoms with Crippen LogP contribution in [0.25, 0.3) is 0 Å². The van der Waals surface area contributed by atoms with Crippen LogP contribution in [0, 0.1) is 17.2 Å². The van der Waals surface area contributed by atoms with Gasteiger partial charge in [-0.2, -0.15) is 5.26 Å². The van der Waals surface area contributed by atoms with Gasteiger partial charge in [0.25, 0.3) is 0 Å². The van der Waals surface area contributed by atoms with Crippen LogP contribution in [0.15, 0.2) is 34.5 Å². The number of carbonyl (C=O) groups is 2. The van der Waals surface area contributed by atoms with Crippen molar-refractivity contribution >= 4 is 29.3 Å². The van der Waals surface area contributed by atoms with Gasteiger partial charge < -0.3 is 14.2 Å². The molecular formula is C22H25ClN2O5. The summed E-state index contributed by atoms with van der Waals surface area (Å²) in [5.74, 6) is -2.88. The van der Waals surface area contributed by atoms with Crippen LogP contribution in [0.3, 0.4) is 0 Å². The van der Waals surface area contributed by atoms with Gasteiger partial charge in [-0.25, -0.2) is 4.79 Å². The molecule has 8 heteroatoms. The summed E-state index contributed by atoms with van der Waals surface area (Å²) in [5.41, 5.74) is 1.73. The number of esters is 2. The number of nitriles is 1. The molecule has 0 aromatic heterocycles. The van der Waals surface area contributed by atoms with Crippen LogP contribution in [-0.2, 0) is 23.8 Å². The molecule has 0 spiro atoms. The summed E-state index contributed by atoms with van der Waals surface area (Å²) in [5, 5.41) is 9.93. The first kappa shape index (κ1) is 23.6.